The van der Waals surface area contributed by atoms with Gasteiger partial charge in [-0.2, -0.15) is 0 Å². The zero-order chi connectivity index (χ0) is 31.3. The molecule has 0 unspecified atom stereocenters. The van der Waals surface area contributed by atoms with E-state index in [1.807, 2.05) is 18.5 Å². The number of pyridine rings is 1. The predicted molar refractivity (Wildman–Crippen MR) is 201 cm³/mol. The minimum Gasteiger partial charge on any atom is -0.264 e. The largest absolute Gasteiger partial charge is 0.264 e. The van der Waals surface area contributed by atoms with E-state index in [9.17, 15) is 0 Å². The maximum absolute atomic E-state index is 4.35. The Labute approximate surface area is 274 Å². The summed E-state index contributed by atoms with van der Waals surface area (Å²) in [5, 5.41) is 10.1. The normalized spacial score (nSPS) is 11.5. The highest BCUT2D eigenvalue weighted by molar-refractivity contribution is 6.24. The van der Waals surface area contributed by atoms with Crippen LogP contribution in [-0.4, -0.2) is 4.98 Å². The molecular weight excluding hydrogens is 567 g/mol. The number of aromatic nitrogens is 1. The molecule has 0 saturated heterocycles. The van der Waals surface area contributed by atoms with Gasteiger partial charge in [0.2, 0.25) is 0 Å². The first-order valence-corrected chi connectivity index (χ1v) is 16.2. The van der Waals surface area contributed by atoms with Crippen molar-refractivity contribution < 1.29 is 0 Å². The zero-order valence-corrected chi connectivity index (χ0v) is 26.1. The molecule has 0 amide bonds. The van der Waals surface area contributed by atoms with Gasteiger partial charge in [-0.3, -0.25) is 4.98 Å². The van der Waals surface area contributed by atoms with Gasteiger partial charge in [-0.25, -0.2) is 0 Å². The van der Waals surface area contributed by atoms with Crippen LogP contribution < -0.4 is 0 Å². The molecule has 220 valence electrons. The van der Waals surface area contributed by atoms with E-state index in [4.69, 9.17) is 0 Å². The average Bonchev–Trinajstić information content (AvgIpc) is 3.13. The van der Waals surface area contributed by atoms with Crippen LogP contribution in [0.5, 0.6) is 0 Å². The van der Waals surface area contributed by atoms with Crippen LogP contribution >= 0.6 is 0 Å². The molecule has 1 heteroatoms. The molecule has 0 fully saturated rings. The lowest BCUT2D eigenvalue weighted by Crippen LogP contribution is -1.92. The van der Waals surface area contributed by atoms with Gasteiger partial charge in [-0.15, -0.1) is 0 Å². The van der Waals surface area contributed by atoms with Gasteiger partial charge in [0.05, 0.1) is 0 Å². The van der Waals surface area contributed by atoms with E-state index in [-0.39, 0.29) is 0 Å². The maximum atomic E-state index is 4.35. The summed E-state index contributed by atoms with van der Waals surface area (Å²) in [6, 6.07) is 57.9. The SMILES string of the molecule is Cc1ccc2cc(-c3c4ccccc4c(-c4cccc5c(-c6cccc(-c7cccnc7)c6)cccc45)c4ccccc34)ccc2c1. The van der Waals surface area contributed by atoms with Crippen LogP contribution in [0.1, 0.15) is 5.56 Å². The van der Waals surface area contributed by atoms with Gasteiger partial charge in [-0.1, -0.05) is 145 Å². The Hall–Kier alpha value is -6.05. The molecule has 0 N–H and O–H groups in total. The van der Waals surface area contributed by atoms with E-state index in [0.29, 0.717) is 0 Å². The number of nitrogens with zero attached hydrogens (tertiary/aromatic N) is 1. The molecule has 0 atom stereocenters. The van der Waals surface area contributed by atoms with Crippen molar-refractivity contribution in [3.63, 3.8) is 0 Å². The molecule has 0 aliphatic rings. The van der Waals surface area contributed by atoms with Crippen LogP contribution in [0, 0.1) is 6.92 Å². The van der Waals surface area contributed by atoms with Gasteiger partial charge in [-0.05, 0) is 107 Å². The van der Waals surface area contributed by atoms with Crippen molar-refractivity contribution in [2.75, 3.05) is 0 Å². The molecule has 9 rings (SSSR count). The second-order valence-corrected chi connectivity index (χ2v) is 12.4. The van der Waals surface area contributed by atoms with Crippen molar-refractivity contribution >= 4 is 43.1 Å². The Morgan fingerprint density at radius 1 is 0.362 bits per heavy atom. The first kappa shape index (κ1) is 27.3. The van der Waals surface area contributed by atoms with Crippen molar-refractivity contribution in [1.82, 2.24) is 4.98 Å². The Bertz CT molecular complexity index is 2570. The summed E-state index contributed by atoms with van der Waals surface area (Å²) in [7, 11) is 0. The van der Waals surface area contributed by atoms with E-state index in [1.54, 1.807) is 0 Å². The first-order valence-electron chi connectivity index (χ1n) is 16.2. The van der Waals surface area contributed by atoms with Gasteiger partial charge in [0.1, 0.15) is 0 Å². The molecule has 1 aromatic heterocycles. The Kier molecular flexibility index (Phi) is 6.43. The molecule has 1 nitrogen and oxygen atoms in total. The van der Waals surface area contributed by atoms with Crippen LogP contribution in [0.25, 0.3) is 87.6 Å². The molecule has 0 aliphatic heterocycles. The van der Waals surface area contributed by atoms with Gasteiger partial charge in [0, 0.05) is 18.0 Å². The predicted octanol–water partition coefficient (Wildman–Crippen LogP) is 12.7. The van der Waals surface area contributed by atoms with Crippen LogP contribution in [-0.2, 0) is 0 Å². The van der Waals surface area contributed by atoms with E-state index >= 15 is 0 Å². The highest BCUT2D eigenvalue weighted by Crippen LogP contribution is 2.46. The molecule has 47 heavy (non-hydrogen) atoms. The molecule has 0 radical (unpaired) electrons. The quantitative estimate of drug-likeness (QED) is 0.184. The highest BCUT2D eigenvalue weighted by Gasteiger charge is 2.19. The second kappa shape index (κ2) is 11.1. The molecule has 0 spiro atoms. The fraction of sp³-hybridized carbons (Fsp3) is 0.0217. The van der Waals surface area contributed by atoms with Crippen molar-refractivity contribution in [3.8, 4) is 44.5 Å². The third-order valence-corrected chi connectivity index (χ3v) is 9.58. The molecule has 1 heterocycles. The zero-order valence-electron chi connectivity index (χ0n) is 26.1. The summed E-state index contributed by atoms with van der Waals surface area (Å²) < 4.78 is 0. The summed E-state index contributed by atoms with van der Waals surface area (Å²) in [4.78, 5) is 4.35. The third-order valence-electron chi connectivity index (χ3n) is 9.58. The Balaban J connectivity index is 1.30. The average molecular weight is 598 g/mol. The maximum Gasteiger partial charge on any atom is 0.0346 e. The van der Waals surface area contributed by atoms with Crippen molar-refractivity contribution in [2.24, 2.45) is 0 Å². The number of fused-ring (bicyclic) bond motifs is 4. The molecular formula is C46H31N. The van der Waals surface area contributed by atoms with E-state index < -0.39 is 0 Å². The van der Waals surface area contributed by atoms with Crippen molar-refractivity contribution in [1.29, 1.82) is 0 Å². The molecule has 0 aliphatic carbocycles. The minimum absolute atomic E-state index is 1.12. The lowest BCUT2D eigenvalue weighted by molar-refractivity contribution is 1.33. The summed E-state index contributed by atoms with van der Waals surface area (Å²) in [5.41, 5.74) is 11.1. The number of aryl methyl sites for hydroxylation is 1. The summed E-state index contributed by atoms with van der Waals surface area (Å²) in [5.74, 6) is 0. The number of rotatable bonds is 4. The minimum atomic E-state index is 1.12. The monoisotopic (exact) mass is 597 g/mol. The Morgan fingerprint density at radius 2 is 0.936 bits per heavy atom. The van der Waals surface area contributed by atoms with E-state index in [1.165, 1.54) is 87.6 Å². The van der Waals surface area contributed by atoms with E-state index in [2.05, 4.69) is 164 Å². The van der Waals surface area contributed by atoms with Crippen LogP contribution in [0.15, 0.2) is 170 Å². The number of hydrogen-bond acceptors (Lipinski definition) is 1. The van der Waals surface area contributed by atoms with Gasteiger partial charge in [0.25, 0.3) is 0 Å². The van der Waals surface area contributed by atoms with Crippen molar-refractivity contribution in [3.05, 3.63) is 176 Å². The number of hydrogen-bond donors (Lipinski definition) is 0. The van der Waals surface area contributed by atoms with Gasteiger partial charge in [0.15, 0.2) is 0 Å². The Morgan fingerprint density at radius 3 is 1.66 bits per heavy atom. The van der Waals surface area contributed by atoms with E-state index in [0.717, 1.165) is 5.56 Å². The summed E-state index contributed by atoms with van der Waals surface area (Å²) in [6.45, 7) is 2.16. The lowest BCUT2D eigenvalue weighted by atomic mass is 9.84. The van der Waals surface area contributed by atoms with Crippen LogP contribution in [0.4, 0.5) is 0 Å². The van der Waals surface area contributed by atoms with Crippen molar-refractivity contribution in [2.45, 2.75) is 6.92 Å². The van der Waals surface area contributed by atoms with Gasteiger partial charge >= 0.3 is 0 Å². The van der Waals surface area contributed by atoms with Crippen LogP contribution in [0.2, 0.25) is 0 Å². The molecule has 8 aromatic carbocycles. The smallest absolute Gasteiger partial charge is 0.0346 e. The molecule has 9 aromatic rings. The first-order chi connectivity index (χ1) is 23.2. The fourth-order valence-corrected chi connectivity index (χ4v) is 7.43. The second-order valence-electron chi connectivity index (χ2n) is 12.4. The number of benzene rings is 8. The highest BCUT2D eigenvalue weighted by atomic mass is 14.6. The third kappa shape index (κ3) is 4.59. The fourth-order valence-electron chi connectivity index (χ4n) is 7.43. The molecule has 0 bridgehead atoms. The topological polar surface area (TPSA) is 12.9 Å². The molecule has 0 saturated carbocycles. The summed E-state index contributed by atoms with van der Waals surface area (Å²) in [6.07, 6.45) is 3.75. The lowest BCUT2D eigenvalue weighted by Gasteiger charge is -2.19. The van der Waals surface area contributed by atoms with Gasteiger partial charge < -0.3 is 0 Å². The standard InChI is InChI=1S/C46H31N/c1-30-21-22-33-28-35(24-23-32(33)26-30)45-41-13-2-4-15-43(41)46(44-16-5-3-14-42(44)45)40-20-8-18-38-37(17-7-19-39(38)40)34-11-6-10-31(27-34)36-12-9-25-47-29-36/h2-29H,1H3. The summed E-state index contributed by atoms with van der Waals surface area (Å²) >= 11 is 0. The van der Waals surface area contributed by atoms with Crippen LogP contribution in [0.3, 0.4) is 0 Å².